The summed E-state index contributed by atoms with van der Waals surface area (Å²) in [6, 6.07) is 0. The van der Waals surface area contributed by atoms with E-state index in [0.717, 1.165) is 0 Å². The summed E-state index contributed by atoms with van der Waals surface area (Å²) >= 11 is 0. The molecule has 98 valence electrons. The Morgan fingerprint density at radius 2 is 1.62 bits per heavy atom. The van der Waals surface area contributed by atoms with Crippen LogP contribution in [0.1, 0.15) is 33.6 Å². The van der Waals surface area contributed by atoms with Gasteiger partial charge in [0.15, 0.2) is 0 Å². The van der Waals surface area contributed by atoms with E-state index in [0.29, 0.717) is 12.8 Å². The van der Waals surface area contributed by atoms with Gasteiger partial charge in [0, 0.05) is 0 Å². The van der Waals surface area contributed by atoms with Crippen molar-refractivity contribution in [3.63, 3.8) is 0 Å². The summed E-state index contributed by atoms with van der Waals surface area (Å²) in [6.45, 7) is 4.99. The minimum atomic E-state index is -4.09. The zero-order chi connectivity index (χ0) is 12.8. The van der Waals surface area contributed by atoms with Crippen LogP contribution in [0.2, 0.25) is 0 Å². The molecule has 8 heteroatoms. The lowest BCUT2D eigenvalue weighted by atomic mass is 10.3. The van der Waals surface area contributed by atoms with Gasteiger partial charge in [0.1, 0.15) is 0 Å². The second-order valence-corrected chi connectivity index (χ2v) is 6.97. The molecule has 0 aliphatic carbocycles. The van der Waals surface area contributed by atoms with Crippen LogP contribution in [0.3, 0.4) is 0 Å². The van der Waals surface area contributed by atoms with Crippen LogP contribution in [0.5, 0.6) is 0 Å². The number of hydrogen-bond donors (Lipinski definition) is 0. The molecule has 0 aromatic rings. The maximum Gasteiger partial charge on any atom is 0.284 e. The Morgan fingerprint density at radius 3 is 2.06 bits per heavy atom. The third-order valence-electron chi connectivity index (χ3n) is 1.64. The molecule has 0 N–H and O–H groups in total. The maximum atomic E-state index is 11.3. The van der Waals surface area contributed by atoms with E-state index in [-0.39, 0.29) is 6.61 Å². The molecule has 0 aliphatic heterocycles. The zero-order valence-electron chi connectivity index (χ0n) is 9.67. The zero-order valence-corrected chi connectivity index (χ0v) is 11.3. The van der Waals surface area contributed by atoms with Crippen molar-refractivity contribution in [2.24, 2.45) is 0 Å². The van der Waals surface area contributed by atoms with E-state index >= 15 is 0 Å². The van der Waals surface area contributed by atoms with E-state index < -0.39 is 31.4 Å². The summed E-state index contributed by atoms with van der Waals surface area (Å²) in [4.78, 5) is 0. The molecule has 0 saturated carbocycles. The molecule has 0 heterocycles. The van der Waals surface area contributed by atoms with Gasteiger partial charge in [0.2, 0.25) is 5.08 Å². The lowest BCUT2D eigenvalue weighted by Gasteiger charge is -2.10. The minimum absolute atomic E-state index is 0.0266. The van der Waals surface area contributed by atoms with E-state index in [9.17, 15) is 16.8 Å². The van der Waals surface area contributed by atoms with Crippen molar-refractivity contribution in [3.8, 4) is 0 Å². The van der Waals surface area contributed by atoms with E-state index in [1.54, 1.807) is 20.8 Å². The standard InChI is InChI=1S/C8H18O6S2/c1-4-6-13-15(9,10)7-16(11,12)14-8(3)5-2/h8H,4-7H2,1-3H3. The first kappa shape index (κ1) is 15.8. The van der Waals surface area contributed by atoms with Crippen molar-refractivity contribution in [3.05, 3.63) is 0 Å². The Balaban J connectivity index is 4.47. The van der Waals surface area contributed by atoms with Gasteiger partial charge in [0.25, 0.3) is 20.2 Å². The van der Waals surface area contributed by atoms with Crippen molar-refractivity contribution in [2.75, 3.05) is 11.7 Å². The average Bonchev–Trinajstić information content (AvgIpc) is 2.12. The summed E-state index contributed by atoms with van der Waals surface area (Å²) in [5.41, 5.74) is 0. The van der Waals surface area contributed by atoms with Crippen LogP contribution in [0.25, 0.3) is 0 Å². The molecular formula is C8H18O6S2. The number of rotatable bonds is 8. The van der Waals surface area contributed by atoms with Gasteiger partial charge in [0.05, 0.1) is 12.7 Å². The highest BCUT2D eigenvalue weighted by atomic mass is 32.3. The van der Waals surface area contributed by atoms with E-state index in [4.69, 9.17) is 0 Å². The Morgan fingerprint density at radius 1 is 1.06 bits per heavy atom. The first-order valence-electron chi connectivity index (χ1n) is 5.00. The van der Waals surface area contributed by atoms with Gasteiger partial charge in [-0.05, 0) is 19.8 Å². The van der Waals surface area contributed by atoms with Crippen molar-refractivity contribution in [2.45, 2.75) is 39.7 Å². The lowest BCUT2D eigenvalue weighted by Crippen LogP contribution is -2.24. The van der Waals surface area contributed by atoms with Crippen LogP contribution >= 0.6 is 0 Å². The molecule has 0 amide bonds. The molecule has 0 saturated heterocycles. The molecule has 0 radical (unpaired) electrons. The van der Waals surface area contributed by atoms with Gasteiger partial charge in [-0.2, -0.15) is 16.8 Å². The molecule has 1 atom stereocenters. The molecular weight excluding hydrogens is 256 g/mol. The topological polar surface area (TPSA) is 86.7 Å². The van der Waals surface area contributed by atoms with Crippen LogP contribution in [-0.2, 0) is 28.6 Å². The van der Waals surface area contributed by atoms with Gasteiger partial charge < -0.3 is 0 Å². The monoisotopic (exact) mass is 274 g/mol. The first-order chi connectivity index (χ1) is 7.22. The maximum absolute atomic E-state index is 11.3. The van der Waals surface area contributed by atoms with Gasteiger partial charge in [-0.3, -0.25) is 8.37 Å². The van der Waals surface area contributed by atoms with Crippen molar-refractivity contribution >= 4 is 20.2 Å². The summed E-state index contributed by atoms with van der Waals surface area (Å²) in [5.74, 6) is 0. The minimum Gasteiger partial charge on any atom is -0.269 e. The summed E-state index contributed by atoms with van der Waals surface area (Å²) in [7, 11) is -8.16. The Labute approximate surface area is 97.2 Å². The molecule has 0 rings (SSSR count). The normalized spacial score (nSPS) is 14.9. The fourth-order valence-electron chi connectivity index (χ4n) is 0.767. The lowest BCUT2D eigenvalue weighted by molar-refractivity contribution is 0.225. The summed E-state index contributed by atoms with van der Waals surface area (Å²) in [6.07, 6.45) is 0.437. The first-order valence-corrected chi connectivity index (χ1v) is 8.16. The second kappa shape index (κ2) is 6.53. The van der Waals surface area contributed by atoms with Crippen LogP contribution < -0.4 is 0 Å². The molecule has 0 fully saturated rings. The van der Waals surface area contributed by atoms with Crippen LogP contribution in [0.15, 0.2) is 0 Å². The van der Waals surface area contributed by atoms with Crippen LogP contribution in [-0.4, -0.2) is 34.6 Å². The van der Waals surface area contributed by atoms with Crippen molar-refractivity contribution in [1.82, 2.24) is 0 Å². The SMILES string of the molecule is CCCOS(=O)(=O)CS(=O)(=O)OC(C)CC. The van der Waals surface area contributed by atoms with Gasteiger partial charge >= 0.3 is 0 Å². The molecule has 0 aromatic carbocycles. The van der Waals surface area contributed by atoms with Crippen LogP contribution in [0.4, 0.5) is 0 Å². The highest BCUT2D eigenvalue weighted by molar-refractivity contribution is 8.03. The van der Waals surface area contributed by atoms with E-state index in [1.807, 2.05) is 0 Å². The Kier molecular flexibility index (Phi) is 6.46. The Bertz CT molecular complexity index is 383. The molecule has 16 heavy (non-hydrogen) atoms. The van der Waals surface area contributed by atoms with Crippen molar-refractivity contribution < 1.29 is 25.2 Å². The predicted octanol–water partition coefficient (Wildman–Crippen LogP) is 0.845. The molecule has 1 unspecified atom stereocenters. The molecule has 0 spiro atoms. The molecule has 0 bridgehead atoms. The highest BCUT2D eigenvalue weighted by Gasteiger charge is 2.25. The molecule has 0 aliphatic rings. The third kappa shape index (κ3) is 7.15. The second-order valence-electron chi connectivity index (χ2n) is 3.37. The van der Waals surface area contributed by atoms with Gasteiger partial charge in [-0.25, -0.2) is 0 Å². The largest absolute Gasteiger partial charge is 0.284 e. The highest BCUT2D eigenvalue weighted by Crippen LogP contribution is 2.08. The predicted molar refractivity (Wildman–Crippen MR) is 59.8 cm³/mol. The van der Waals surface area contributed by atoms with Crippen molar-refractivity contribution in [1.29, 1.82) is 0 Å². The average molecular weight is 274 g/mol. The van der Waals surface area contributed by atoms with Gasteiger partial charge in [-0.15, -0.1) is 0 Å². The summed E-state index contributed by atoms with van der Waals surface area (Å²) < 4.78 is 54.0. The number of hydrogen-bond acceptors (Lipinski definition) is 6. The molecule has 0 aromatic heterocycles. The quantitative estimate of drug-likeness (QED) is 0.610. The fraction of sp³-hybridized carbons (Fsp3) is 1.00. The van der Waals surface area contributed by atoms with Crippen LogP contribution in [0, 0.1) is 0 Å². The smallest absolute Gasteiger partial charge is 0.269 e. The Hall–Kier alpha value is -0.180. The third-order valence-corrected chi connectivity index (χ3v) is 5.10. The van der Waals surface area contributed by atoms with E-state index in [2.05, 4.69) is 8.37 Å². The molecule has 6 nitrogen and oxygen atoms in total. The summed E-state index contributed by atoms with van der Waals surface area (Å²) in [5, 5.41) is -1.13. The van der Waals surface area contributed by atoms with E-state index in [1.165, 1.54) is 0 Å². The van der Waals surface area contributed by atoms with Gasteiger partial charge in [-0.1, -0.05) is 13.8 Å². The fourth-order valence-corrected chi connectivity index (χ4v) is 3.73.